The summed E-state index contributed by atoms with van der Waals surface area (Å²) in [5, 5.41) is 0. The van der Waals surface area contributed by atoms with Gasteiger partial charge in [-0.25, -0.2) is 4.98 Å². The Morgan fingerprint density at radius 1 is 1.20 bits per heavy atom. The van der Waals surface area contributed by atoms with Crippen LogP contribution in [-0.2, 0) is 13.6 Å². The number of piperidine rings is 1. The minimum absolute atomic E-state index is 0.0121. The van der Waals surface area contributed by atoms with Crippen LogP contribution in [0.2, 0.25) is 0 Å². The summed E-state index contributed by atoms with van der Waals surface area (Å²) < 4.78 is 9.79. The Morgan fingerprint density at radius 3 is 2.63 bits per heavy atom. The van der Waals surface area contributed by atoms with E-state index in [1.807, 2.05) is 34.7 Å². The fourth-order valence-corrected chi connectivity index (χ4v) is 5.03. The first kappa shape index (κ1) is 23.4. The number of amides is 2. The fourth-order valence-electron chi connectivity index (χ4n) is 5.03. The Bertz CT molecular complexity index is 1290. The molecule has 1 aliphatic carbocycles. The standard InChI is InChI=1S/C26H34N6O3/c1-29(2)26(34)21-10-9-20(32(21)14-16-7-8-16)24-28-19-12-17(13-22(35-4)23(19)30(24)3)25(33)31-11-5-6-18(27)15-31/h9-10,12-13,16,18H,5-8,11,14-15,27H2,1-4H3/t18-/m1/s1. The van der Waals surface area contributed by atoms with Crippen molar-refractivity contribution in [2.75, 3.05) is 34.3 Å². The molecule has 9 nitrogen and oxygen atoms in total. The van der Waals surface area contributed by atoms with Crippen LogP contribution in [0.1, 0.15) is 46.5 Å². The second kappa shape index (κ2) is 9.03. The van der Waals surface area contributed by atoms with Crippen molar-refractivity contribution >= 4 is 22.8 Å². The molecule has 2 fully saturated rings. The van der Waals surface area contributed by atoms with Crippen molar-refractivity contribution in [2.24, 2.45) is 18.7 Å². The molecule has 2 aromatic heterocycles. The van der Waals surface area contributed by atoms with E-state index in [1.165, 1.54) is 12.8 Å². The van der Waals surface area contributed by atoms with Crippen molar-refractivity contribution in [1.29, 1.82) is 0 Å². The number of carbonyl (C=O) groups is 2. The quantitative estimate of drug-likeness (QED) is 0.587. The maximum absolute atomic E-state index is 13.3. The summed E-state index contributed by atoms with van der Waals surface area (Å²) in [7, 11) is 7.09. The van der Waals surface area contributed by atoms with Crippen molar-refractivity contribution in [3.63, 3.8) is 0 Å². The summed E-state index contributed by atoms with van der Waals surface area (Å²) in [6, 6.07) is 7.49. The first-order valence-corrected chi connectivity index (χ1v) is 12.3. The summed E-state index contributed by atoms with van der Waals surface area (Å²) in [6.07, 6.45) is 4.20. The van der Waals surface area contributed by atoms with Crippen LogP contribution < -0.4 is 10.5 Å². The lowest BCUT2D eigenvalue weighted by Crippen LogP contribution is -2.45. The van der Waals surface area contributed by atoms with E-state index in [9.17, 15) is 9.59 Å². The van der Waals surface area contributed by atoms with Crippen LogP contribution in [0.15, 0.2) is 24.3 Å². The number of carbonyl (C=O) groups excluding carboxylic acids is 2. The third-order valence-electron chi connectivity index (χ3n) is 7.12. The Labute approximate surface area is 205 Å². The lowest BCUT2D eigenvalue weighted by Gasteiger charge is -2.30. The molecule has 2 amide bonds. The van der Waals surface area contributed by atoms with Gasteiger partial charge in [0.1, 0.15) is 17.0 Å². The number of benzene rings is 1. The van der Waals surface area contributed by atoms with Crippen LogP contribution in [0.3, 0.4) is 0 Å². The van der Waals surface area contributed by atoms with E-state index in [-0.39, 0.29) is 17.9 Å². The minimum atomic E-state index is -0.0523. The number of imidazole rings is 1. The molecule has 186 valence electrons. The zero-order valence-corrected chi connectivity index (χ0v) is 21.0. The number of aryl methyl sites for hydroxylation is 1. The number of hydrogen-bond acceptors (Lipinski definition) is 5. The highest BCUT2D eigenvalue weighted by molar-refractivity contribution is 6.00. The predicted molar refractivity (Wildman–Crippen MR) is 135 cm³/mol. The molecule has 1 saturated carbocycles. The van der Waals surface area contributed by atoms with E-state index in [0.29, 0.717) is 41.5 Å². The zero-order chi connectivity index (χ0) is 24.9. The summed E-state index contributed by atoms with van der Waals surface area (Å²) in [4.78, 5) is 34.5. The first-order valence-electron chi connectivity index (χ1n) is 12.3. The Kier molecular flexibility index (Phi) is 6.04. The van der Waals surface area contributed by atoms with Gasteiger partial charge in [0.05, 0.1) is 18.3 Å². The third-order valence-corrected chi connectivity index (χ3v) is 7.12. The number of likely N-dealkylation sites (tertiary alicyclic amines) is 1. The number of methoxy groups -OCH3 is 1. The predicted octanol–water partition coefficient (Wildman–Crippen LogP) is 2.73. The second-order valence-electron chi connectivity index (χ2n) is 10.1. The first-order chi connectivity index (χ1) is 16.8. The van der Waals surface area contributed by atoms with Gasteiger partial charge in [-0.2, -0.15) is 0 Å². The van der Waals surface area contributed by atoms with Crippen molar-refractivity contribution in [1.82, 2.24) is 23.9 Å². The van der Waals surface area contributed by atoms with Crippen molar-refractivity contribution in [2.45, 2.75) is 38.3 Å². The van der Waals surface area contributed by atoms with Crippen molar-refractivity contribution in [3.05, 3.63) is 35.5 Å². The molecule has 1 aromatic carbocycles. The van der Waals surface area contributed by atoms with Gasteiger partial charge in [-0.15, -0.1) is 0 Å². The molecule has 1 saturated heterocycles. The number of aromatic nitrogens is 3. The zero-order valence-electron chi connectivity index (χ0n) is 21.0. The molecule has 3 aromatic rings. The van der Waals surface area contributed by atoms with Crippen LogP contribution in [0.5, 0.6) is 5.75 Å². The maximum Gasteiger partial charge on any atom is 0.269 e. The van der Waals surface area contributed by atoms with Crippen LogP contribution >= 0.6 is 0 Å². The molecule has 5 rings (SSSR count). The van der Waals surface area contributed by atoms with E-state index in [4.69, 9.17) is 15.5 Å². The number of fused-ring (bicyclic) bond motifs is 1. The van der Waals surface area contributed by atoms with Gasteiger partial charge in [0.2, 0.25) is 0 Å². The molecular formula is C26H34N6O3. The highest BCUT2D eigenvalue weighted by Gasteiger charge is 2.29. The van der Waals surface area contributed by atoms with Gasteiger partial charge in [-0.05, 0) is 55.9 Å². The van der Waals surface area contributed by atoms with E-state index in [2.05, 4.69) is 4.57 Å². The van der Waals surface area contributed by atoms with Gasteiger partial charge in [0.25, 0.3) is 11.8 Å². The number of nitrogens with two attached hydrogens (primary N) is 1. The van der Waals surface area contributed by atoms with E-state index < -0.39 is 0 Å². The van der Waals surface area contributed by atoms with Crippen LogP contribution in [0.25, 0.3) is 22.6 Å². The van der Waals surface area contributed by atoms with Gasteiger partial charge in [0, 0.05) is 52.4 Å². The summed E-state index contributed by atoms with van der Waals surface area (Å²) in [5.74, 6) is 1.84. The Morgan fingerprint density at radius 2 is 1.97 bits per heavy atom. The Balaban J connectivity index is 1.59. The average Bonchev–Trinajstić information content (AvgIpc) is 3.48. The van der Waals surface area contributed by atoms with Crippen LogP contribution in [-0.4, -0.2) is 76.1 Å². The molecular weight excluding hydrogens is 444 g/mol. The topological polar surface area (TPSA) is 98.6 Å². The van der Waals surface area contributed by atoms with Crippen molar-refractivity contribution < 1.29 is 14.3 Å². The molecule has 2 aliphatic rings. The van der Waals surface area contributed by atoms with Gasteiger partial charge < -0.3 is 29.4 Å². The Hall–Kier alpha value is -3.33. The number of rotatable bonds is 6. The van der Waals surface area contributed by atoms with Gasteiger partial charge in [-0.1, -0.05) is 0 Å². The monoisotopic (exact) mass is 478 g/mol. The van der Waals surface area contributed by atoms with E-state index >= 15 is 0 Å². The highest BCUT2D eigenvalue weighted by atomic mass is 16.5. The molecule has 1 atom stereocenters. The smallest absolute Gasteiger partial charge is 0.269 e. The lowest BCUT2D eigenvalue weighted by atomic mass is 10.0. The second-order valence-corrected chi connectivity index (χ2v) is 10.1. The molecule has 3 heterocycles. The molecule has 2 N–H and O–H groups in total. The van der Waals surface area contributed by atoms with E-state index in [0.717, 1.165) is 36.4 Å². The molecule has 1 aliphatic heterocycles. The molecule has 35 heavy (non-hydrogen) atoms. The summed E-state index contributed by atoms with van der Waals surface area (Å²) in [6.45, 7) is 2.05. The minimum Gasteiger partial charge on any atom is -0.494 e. The largest absolute Gasteiger partial charge is 0.494 e. The van der Waals surface area contributed by atoms with Crippen molar-refractivity contribution in [3.8, 4) is 17.3 Å². The maximum atomic E-state index is 13.3. The fraction of sp³-hybridized carbons (Fsp3) is 0.500. The third kappa shape index (κ3) is 4.29. The molecule has 9 heteroatoms. The molecule has 0 bridgehead atoms. The molecule has 0 unspecified atom stereocenters. The molecule has 0 spiro atoms. The normalized spacial score (nSPS) is 18.2. The van der Waals surface area contributed by atoms with Crippen LogP contribution in [0.4, 0.5) is 0 Å². The van der Waals surface area contributed by atoms with E-state index in [1.54, 1.807) is 32.2 Å². The van der Waals surface area contributed by atoms with Gasteiger partial charge in [-0.3, -0.25) is 9.59 Å². The highest BCUT2D eigenvalue weighted by Crippen LogP contribution is 2.36. The van der Waals surface area contributed by atoms with Gasteiger partial charge >= 0.3 is 0 Å². The SMILES string of the molecule is COc1cc(C(=O)N2CCC[C@@H](N)C2)cc2nc(-c3ccc(C(=O)N(C)C)n3CC3CC3)n(C)c12. The number of hydrogen-bond donors (Lipinski definition) is 1. The average molecular weight is 479 g/mol. The van der Waals surface area contributed by atoms with Crippen LogP contribution in [0, 0.1) is 5.92 Å². The lowest BCUT2D eigenvalue weighted by molar-refractivity contribution is 0.0708. The van der Waals surface area contributed by atoms with Gasteiger partial charge in [0.15, 0.2) is 5.82 Å². The summed E-state index contributed by atoms with van der Waals surface area (Å²) in [5.41, 5.74) is 9.70. The number of nitrogens with zero attached hydrogens (tertiary/aromatic N) is 5. The molecule has 0 radical (unpaired) electrons. The summed E-state index contributed by atoms with van der Waals surface area (Å²) >= 11 is 0. The number of ether oxygens (including phenoxy) is 1.